The molecule has 0 unspecified atom stereocenters. The molecular weight excluding hydrogens is 350 g/mol. The number of carbonyl (C=O) groups excluding carboxylic acids is 1. The van der Waals surface area contributed by atoms with E-state index in [1.807, 2.05) is 36.4 Å². The van der Waals surface area contributed by atoms with Crippen molar-refractivity contribution in [3.8, 4) is 0 Å². The Morgan fingerprint density at radius 3 is 1.85 bits per heavy atom. The zero-order valence-electron chi connectivity index (χ0n) is 15.5. The third-order valence-electron chi connectivity index (χ3n) is 5.58. The van der Waals surface area contributed by atoms with E-state index in [2.05, 4.69) is 46.7 Å². The van der Waals surface area contributed by atoms with Gasteiger partial charge >= 0.3 is 0 Å². The molecule has 0 atom stereocenters. The van der Waals surface area contributed by atoms with E-state index < -0.39 is 0 Å². The zero-order valence-corrected chi connectivity index (χ0v) is 16.3. The van der Waals surface area contributed by atoms with Crippen LogP contribution < -0.4 is 0 Å². The molecule has 4 rings (SSSR count). The molecule has 2 nitrogen and oxygen atoms in total. The molecule has 0 spiro atoms. The van der Waals surface area contributed by atoms with Crippen LogP contribution in [0.5, 0.6) is 0 Å². The van der Waals surface area contributed by atoms with Crippen LogP contribution in [0.4, 0.5) is 0 Å². The molecule has 1 aromatic heterocycles. The van der Waals surface area contributed by atoms with E-state index in [-0.39, 0.29) is 11.3 Å². The van der Waals surface area contributed by atoms with Gasteiger partial charge in [-0.2, -0.15) is 0 Å². The fourth-order valence-corrected chi connectivity index (χ4v) is 5.18. The minimum absolute atomic E-state index is 0.287. The molecule has 0 radical (unpaired) electrons. The van der Waals surface area contributed by atoms with Gasteiger partial charge in [0.15, 0.2) is 0 Å². The third kappa shape index (κ3) is 3.84. The topological polar surface area (TPSA) is 20.3 Å². The Balaban J connectivity index is 1.67. The fourth-order valence-electron chi connectivity index (χ4n) is 4.20. The predicted octanol–water partition coefficient (Wildman–Crippen LogP) is 5.79. The number of hydrogen-bond donors (Lipinski definition) is 0. The Kier molecular flexibility index (Phi) is 5.40. The molecule has 2 aromatic carbocycles. The second kappa shape index (κ2) is 8.10. The maximum absolute atomic E-state index is 13.9. The highest BCUT2D eigenvalue weighted by molar-refractivity contribution is 7.10. The van der Waals surface area contributed by atoms with Crippen LogP contribution in [-0.2, 0) is 23.3 Å². The minimum Gasteiger partial charge on any atom is -0.333 e. The maximum atomic E-state index is 13.9. The summed E-state index contributed by atoms with van der Waals surface area (Å²) in [5.41, 5.74) is 2.03. The highest BCUT2D eigenvalue weighted by atomic mass is 32.1. The molecule has 1 aliphatic rings. The van der Waals surface area contributed by atoms with Crippen molar-refractivity contribution >= 4 is 17.2 Å². The summed E-state index contributed by atoms with van der Waals surface area (Å²) in [7, 11) is 0. The van der Waals surface area contributed by atoms with E-state index >= 15 is 0 Å². The van der Waals surface area contributed by atoms with Crippen molar-refractivity contribution in [2.24, 2.45) is 0 Å². The van der Waals surface area contributed by atoms with E-state index in [1.165, 1.54) is 16.0 Å². The first-order chi connectivity index (χ1) is 13.3. The van der Waals surface area contributed by atoms with Crippen molar-refractivity contribution in [1.82, 2.24) is 4.90 Å². The van der Waals surface area contributed by atoms with Gasteiger partial charge in [-0.3, -0.25) is 4.79 Å². The molecule has 3 heteroatoms. The molecule has 1 amide bonds. The number of amides is 1. The summed E-state index contributed by atoms with van der Waals surface area (Å²) in [6, 6.07) is 24.9. The van der Waals surface area contributed by atoms with Crippen molar-refractivity contribution in [1.29, 1.82) is 0 Å². The largest absolute Gasteiger partial charge is 0.333 e. The van der Waals surface area contributed by atoms with Crippen LogP contribution in [0.3, 0.4) is 0 Å². The second-order valence-electron chi connectivity index (χ2n) is 7.40. The molecule has 1 aliphatic carbocycles. The van der Waals surface area contributed by atoms with Gasteiger partial charge in [0, 0.05) is 18.0 Å². The van der Waals surface area contributed by atoms with Crippen molar-refractivity contribution in [3.63, 3.8) is 0 Å². The molecule has 0 saturated heterocycles. The number of benzene rings is 2. The Morgan fingerprint density at radius 2 is 1.37 bits per heavy atom. The number of hydrogen-bond acceptors (Lipinski definition) is 2. The van der Waals surface area contributed by atoms with E-state index in [9.17, 15) is 4.79 Å². The van der Waals surface area contributed by atoms with Gasteiger partial charge in [-0.25, -0.2) is 0 Å². The lowest BCUT2D eigenvalue weighted by molar-refractivity contribution is -0.138. The van der Waals surface area contributed by atoms with Crippen molar-refractivity contribution in [3.05, 3.63) is 94.2 Å². The SMILES string of the molecule is O=C(N(Cc1ccccc1)Cc1ccccc1)C1(c2cccs2)CCCC1. The summed E-state index contributed by atoms with van der Waals surface area (Å²) in [5.74, 6) is 0.287. The maximum Gasteiger partial charge on any atom is 0.234 e. The first-order valence-electron chi connectivity index (χ1n) is 9.69. The fraction of sp³-hybridized carbons (Fsp3) is 0.292. The van der Waals surface area contributed by atoms with Crippen LogP contribution in [-0.4, -0.2) is 10.8 Å². The summed E-state index contributed by atoms with van der Waals surface area (Å²) in [6.07, 6.45) is 4.20. The van der Waals surface area contributed by atoms with Crippen molar-refractivity contribution in [2.75, 3.05) is 0 Å². The molecular formula is C24H25NOS. The van der Waals surface area contributed by atoms with Gasteiger partial charge in [-0.15, -0.1) is 11.3 Å². The van der Waals surface area contributed by atoms with Crippen molar-refractivity contribution < 1.29 is 4.79 Å². The third-order valence-corrected chi connectivity index (χ3v) is 6.65. The average molecular weight is 376 g/mol. The first-order valence-corrected chi connectivity index (χ1v) is 10.6. The zero-order chi connectivity index (χ0) is 18.5. The van der Waals surface area contributed by atoms with Crippen molar-refractivity contribution in [2.45, 2.75) is 44.2 Å². The van der Waals surface area contributed by atoms with E-state index in [0.717, 1.165) is 25.7 Å². The van der Waals surface area contributed by atoms with Gasteiger partial charge in [0.25, 0.3) is 0 Å². The average Bonchev–Trinajstić information content (AvgIpc) is 3.41. The molecule has 0 bridgehead atoms. The summed E-state index contributed by atoms with van der Waals surface area (Å²) in [5, 5.41) is 2.10. The molecule has 1 heterocycles. The van der Waals surface area contributed by atoms with Gasteiger partial charge in [-0.1, -0.05) is 79.6 Å². The monoisotopic (exact) mass is 375 g/mol. The molecule has 0 aliphatic heterocycles. The number of nitrogens with zero attached hydrogens (tertiary/aromatic N) is 1. The molecule has 138 valence electrons. The first kappa shape index (κ1) is 18.0. The molecule has 1 fully saturated rings. The minimum atomic E-state index is -0.336. The lowest BCUT2D eigenvalue weighted by Crippen LogP contribution is -2.44. The highest BCUT2D eigenvalue weighted by Gasteiger charge is 2.45. The summed E-state index contributed by atoms with van der Waals surface area (Å²) >= 11 is 1.73. The normalized spacial score (nSPS) is 15.6. The van der Waals surface area contributed by atoms with Gasteiger partial charge < -0.3 is 4.90 Å². The van der Waals surface area contributed by atoms with E-state index in [0.29, 0.717) is 13.1 Å². The predicted molar refractivity (Wildman–Crippen MR) is 112 cm³/mol. The number of carbonyl (C=O) groups is 1. The van der Waals surface area contributed by atoms with Gasteiger partial charge in [0.2, 0.25) is 5.91 Å². The second-order valence-corrected chi connectivity index (χ2v) is 8.35. The Hall–Kier alpha value is -2.39. The summed E-state index contributed by atoms with van der Waals surface area (Å²) in [6.45, 7) is 1.31. The van der Waals surface area contributed by atoms with Crippen LogP contribution in [0, 0.1) is 0 Å². The smallest absolute Gasteiger partial charge is 0.234 e. The van der Waals surface area contributed by atoms with Crippen LogP contribution in [0.15, 0.2) is 78.2 Å². The lowest BCUT2D eigenvalue weighted by atomic mass is 9.82. The summed E-state index contributed by atoms with van der Waals surface area (Å²) in [4.78, 5) is 17.2. The molecule has 1 saturated carbocycles. The quantitative estimate of drug-likeness (QED) is 0.534. The Bertz CT molecular complexity index is 810. The van der Waals surface area contributed by atoms with Crippen LogP contribution in [0.2, 0.25) is 0 Å². The van der Waals surface area contributed by atoms with E-state index in [4.69, 9.17) is 0 Å². The van der Waals surface area contributed by atoms with Crippen LogP contribution in [0.25, 0.3) is 0 Å². The number of thiophene rings is 1. The molecule has 3 aromatic rings. The van der Waals surface area contributed by atoms with Gasteiger partial charge in [-0.05, 0) is 35.4 Å². The van der Waals surface area contributed by atoms with E-state index in [1.54, 1.807) is 11.3 Å². The number of rotatable bonds is 6. The molecule has 27 heavy (non-hydrogen) atoms. The van der Waals surface area contributed by atoms with Crippen LogP contribution >= 0.6 is 11.3 Å². The highest BCUT2D eigenvalue weighted by Crippen LogP contribution is 2.45. The van der Waals surface area contributed by atoms with Gasteiger partial charge in [0.1, 0.15) is 0 Å². The van der Waals surface area contributed by atoms with Crippen LogP contribution in [0.1, 0.15) is 41.7 Å². The Morgan fingerprint density at radius 1 is 0.815 bits per heavy atom. The Labute approximate surface area is 165 Å². The lowest BCUT2D eigenvalue weighted by Gasteiger charge is -2.34. The molecule has 0 N–H and O–H groups in total. The van der Waals surface area contributed by atoms with Gasteiger partial charge in [0.05, 0.1) is 5.41 Å². The summed E-state index contributed by atoms with van der Waals surface area (Å²) < 4.78 is 0. The standard InChI is InChI=1S/C24H25NOS/c26-23(24(15-7-8-16-24)22-14-9-17-27-22)25(18-20-10-3-1-4-11-20)19-21-12-5-2-6-13-21/h1-6,9-14,17H,7-8,15-16,18-19H2.